The Labute approximate surface area is 175 Å². The van der Waals surface area contributed by atoms with Gasteiger partial charge in [0.05, 0.1) is 13.0 Å². The van der Waals surface area contributed by atoms with Crippen LogP contribution in [-0.4, -0.2) is 59.5 Å². The minimum Gasteiger partial charge on any atom is -0.508 e. The Morgan fingerprint density at radius 3 is 2.23 bits per heavy atom. The number of phenols is 1. The molecule has 0 bridgehead atoms. The van der Waals surface area contributed by atoms with Crippen LogP contribution in [0.1, 0.15) is 16.8 Å². The lowest BCUT2D eigenvalue weighted by Gasteiger charge is -2.34. The molecule has 1 saturated heterocycles. The number of aromatic hydroxyl groups is 1. The second kappa shape index (κ2) is 8.86. The number of fused-ring (bicyclic) bond motifs is 1. The molecule has 0 aliphatic carbocycles. The highest BCUT2D eigenvalue weighted by atomic mass is 16.5. The monoisotopic (exact) mass is 404 g/mol. The van der Waals surface area contributed by atoms with Crippen LogP contribution in [0, 0.1) is 0 Å². The maximum atomic E-state index is 12.5. The molecule has 1 heterocycles. The van der Waals surface area contributed by atoms with E-state index in [1.165, 1.54) is 12.1 Å². The summed E-state index contributed by atoms with van der Waals surface area (Å²) in [5, 5.41) is 11.6. The van der Waals surface area contributed by atoms with Gasteiger partial charge in [-0.3, -0.25) is 9.59 Å². The van der Waals surface area contributed by atoms with E-state index in [9.17, 15) is 14.7 Å². The molecule has 4 rings (SSSR count). The molecule has 154 valence electrons. The first-order valence-corrected chi connectivity index (χ1v) is 10.1. The summed E-state index contributed by atoms with van der Waals surface area (Å²) in [5.41, 5.74) is 0.538. The molecule has 30 heavy (non-hydrogen) atoms. The summed E-state index contributed by atoms with van der Waals surface area (Å²) in [6.07, 6.45) is 0.304. The molecule has 2 amide bonds. The fourth-order valence-corrected chi connectivity index (χ4v) is 3.62. The van der Waals surface area contributed by atoms with Gasteiger partial charge in [0, 0.05) is 31.7 Å². The van der Waals surface area contributed by atoms with E-state index >= 15 is 0 Å². The van der Waals surface area contributed by atoms with Crippen LogP contribution in [0.5, 0.6) is 11.5 Å². The molecular formula is C24H24N2O4. The molecule has 3 aromatic rings. The van der Waals surface area contributed by atoms with Crippen molar-refractivity contribution < 1.29 is 19.4 Å². The first-order valence-electron chi connectivity index (χ1n) is 10.1. The third-order valence-electron chi connectivity index (χ3n) is 5.34. The average Bonchev–Trinajstić information content (AvgIpc) is 2.79. The predicted octanol–water partition coefficient (Wildman–Crippen LogP) is 3.30. The Kier molecular flexibility index (Phi) is 5.84. The van der Waals surface area contributed by atoms with E-state index in [0.717, 1.165) is 16.5 Å². The number of nitrogens with zero attached hydrogens (tertiary/aromatic N) is 2. The number of hydrogen-bond acceptors (Lipinski definition) is 4. The van der Waals surface area contributed by atoms with Crippen molar-refractivity contribution in [3.05, 3.63) is 72.3 Å². The summed E-state index contributed by atoms with van der Waals surface area (Å²) in [6.45, 7) is 2.34. The van der Waals surface area contributed by atoms with Crippen molar-refractivity contribution in [3.8, 4) is 11.5 Å². The molecule has 0 spiro atoms. The molecule has 6 heteroatoms. The number of carbonyl (C=O) groups is 2. The molecule has 1 N–H and O–H groups in total. The highest BCUT2D eigenvalue weighted by Gasteiger charge is 2.24. The minimum absolute atomic E-state index is 0.0347. The number of carbonyl (C=O) groups excluding carboxylic acids is 2. The van der Waals surface area contributed by atoms with E-state index in [0.29, 0.717) is 44.8 Å². The van der Waals surface area contributed by atoms with Crippen molar-refractivity contribution >= 4 is 22.6 Å². The molecule has 3 aromatic carbocycles. The number of phenolic OH excluding ortho intramolecular Hbond substituents is 1. The highest BCUT2D eigenvalue weighted by molar-refractivity contribution is 5.94. The first-order chi connectivity index (χ1) is 14.6. The van der Waals surface area contributed by atoms with E-state index in [4.69, 9.17) is 4.74 Å². The van der Waals surface area contributed by atoms with Gasteiger partial charge >= 0.3 is 0 Å². The Bertz CT molecular complexity index is 1040. The first kappa shape index (κ1) is 19.8. The molecule has 1 fully saturated rings. The summed E-state index contributed by atoms with van der Waals surface area (Å²) >= 11 is 0. The summed E-state index contributed by atoms with van der Waals surface area (Å²) in [6, 6.07) is 20.2. The predicted molar refractivity (Wildman–Crippen MR) is 115 cm³/mol. The van der Waals surface area contributed by atoms with Crippen LogP contribution in [0.3, 0.4) is 0 Å². The second-order valence-electron chi connectivity index (χ2n) is 7.33. The van der Waals surface area contributed by atoms with Crippen LogP contribution in [0.15, 0.2) is 66.7 Å². The Balaban J connectivity index is 1.24. The van der Waals surface area contributed by atoms with E-state index in [1.807, 2.05) is 36.4 Å². The van der Waals surface area contributed by atoms with Crippen LogP contribution in [0.4, 0.5) is 0 Å². The lowest BCUT2D eigenvalue weighted by molar-refractivity contribution is -0.133. The topological polar surface area (TPSA) is 70.1 Å². The van der Waals surface area contributed by atoms with E-state index in [2.05, 4.69) is 6.07 Å². The van der Waals surface area contributed by atoms with Crippen LogP contribution in [-0.2, 0) is 4.79 Å². The SMILES string of the molecule is O=C(CCOc1ccc2ccccc2c1)N1CCN(C(=O)c2ccc(O)cc2)CC1. The molecule has 0 aromatic heterocycles. The van der Waals surface area contributed by atoms with Crippen molar-refractivity contribution in [1.82, 2.24) is 9.80 Å². The van der Waals surface area contributed by atoms with Crippen molar-refractivity contribution in [1.29, 1.82) is 0 Å². The molecule has 0 saturated carbocycles. The number of rotatable bonds is 5. The number of benzene rings is 3. The van der Waals surface area contributed by atoms with Crippen molar-refractivity contribution in [2.24, 2.45) is 0 Å². The third-order valence-corrected chi connectivity index (χ3v) is 5.34. The molecule has 6 nitrogen and oxygen atoms in total. The lowest BCUT2D eigenvalue weighted by Crippen LogP contribution is -2.50. The quantitative estimate of drug-likeness (QED) is 0.708. The number of amides is 2. The van der Waals surface area contributed by atoms with Gasteiger partial charge in [0.2, 0.25) is 5.91 Å². The normalized spacial score (nSPS) is 14.0. The number of ether oxygens (including phenoxy) is 1. The van der Waals surface area contributed by atoms with Gasteiger partial charge in [-0.15, -0.1) is 0 Å². The Morgan fingerprint density at radius 2 is 1.50 bits per heavy atom. The maximum absolute atomic E-state index is 12.5. The fourth-order valence-electron chi connectivity index (χ4n) is 3.62. The van der Waals surface area contributed by atoms with E-state index in [-0.39, 0.29) is 17.6 Å². The van der Waals surface area contributed by atoms with Crippen LogP contribution >= 0.6 is 0 Å². The standard InChI is InChI=1S/C24H24N2O4/c27-21-8-5-19(6-9-21)24(29)26-14-12-25(13-15-26)23(28)11-16-30-22-10-7-18-3-1-2-4-20(18)17-22/h1-10,17,27H,11-16H2. The van der Waals surface area contributed by atoms with Gasteiger partial charge in [-0.25, -0.2) is 0 Å². The van der Waals surface area contributed by atoms with Gasteiger partial charge in [0.25, 0.3) is 5.91 Å². The fraction of sp³-hybridized carbons (Fsp3) is 0.250. The van der Waals surface area contributed by atoms with Gasteiger partial charge in [0.1, 0.15) is 11.5 Å². The van der Waals surface area contributed by atoms with Gasteiger partial charge in [0.15, 0.2) is 0 Å². The van der Waals surface area contributed by atoms with Crippen LogP contribution in [0.2, 0.25) is 0 Å². The van der Waals surface area contributed by atoms with Crippen molar-refractivity contribution in [2.75, 3.05) is 32.8 Å². The zero-order valence-corrected chi connectivity index (χ0v) is 16.7. The van der Waals surface area contributed by atoms with E-state index in [1.54, 1.807) is 21.9 Å². The van der Waals surface area contributed by atoms with Crippen LogP contribution in [0.25, 0.3) is 10.8 Å². The van der Waals surface area contributed by atoms with Crippen LogP contribution < -0.4 is 4.74 Å². The largest absolute Gasteiger partial charge is 0.508 e. The third kappa shape index (κ3) is 4.54. The van der Waals surface area contributed by atoms with Crippen molar-refractivity contribution in [3.63, 3.8) is 0 Å². The van der Waals surface area contributed by atoms with Gasteiger partial charge < -0.3 is 19.6 Å². The molecule has 0 atom stereocenters. The molecule has 0 unspecified atom stereocenters. The summed E-state index contributed by atoms with van der Waals surface area (Å²) in [5.74, 6) is 0.841. The van der Waals surface area contributed by atoms with E-state index < -0.39 is 0 Å². The number of hydrogen-bond donors (Lipinski definition) is 1. The second-order valence-corrected chi connectivity index (χ2v) is 7.33. The summed E-state index contributed by atoms with van der Waals surface area (Å²) < 4.78 is 5.77. The molecule has 1 aliphatic heterocycles. The number of piperazine rings is 1. The van der Waals surface area contributed by atoms with Gasteiger partial charge in [-0.05, 0) is 47.2 Å². The zero-order valence-electron chi connectivity index (χ0n) is 16.7. The Morgan fingerprint density at radius 1 is 0.833 bits per heavy atom. The summed E-state index contributed by atoms with van der Waals surface area (Å²) in [4.78, 5) is 28.5. The maximum Gasteiger partial charge on any atom is 0.253 e. The van der Waals surface area contributed by atoms with Gasteiger partial charge in [-0.2, -0.15) is 0 Å². The molecular weight excluding hydrogens is 380 g/mol. The highest BCUT2D eigenvalue weighted by Crippen LogP contribution is 2.21. The summed E-state index contributed by atoms with van der Waals surface area (Å²) in [7, 11) is 0. The van der Waals surface area contributed by atoms with Crippen molar-refractivity contribution in [2.45, 2.75) is 6.42 Å². The smallest absolute Gasteiger partial charge is 0.253 e. The Hall–Kier alpha value is -3.54. The lowest BCUT2D eigenvalue weighted by atomic mass is 10.1. The minimum atomic E-state index is -0.0817. The zero-order chi connectivity index (χ0) is 20.9. The van der Waals surface area contributed by atoms with Gasteiger partial charge in [-0.1, -0.05) is 30.3 Å². The molecule has 1 aliphatic rings. The average molecular weight is 404 g/mol. The molecule has 0 radical (unpaired) electrons.